The summed E-state index contributed by atoms with van der Waals surface area (Å²) in [5, 5.41) is 3.26. The van der Waals surface area contributed by atoms with Crippen LogP contribution in [0.1, 0.15) is 25.7 Å². The van der Waals surface area contributed by atoms with Gasteiger partial charge in [0.15, 0.2) is 0 Å². The number of hydrogen-bond donors (Lipinski definition) is 1. The topological polar surface area (TPSA) is 32.3 Å². The highest BCUT2D eigenvalue weighted by molar-refractivity contribution is 5.79. The number of hydrogen-bond acceptors (Lipinski definition) is 2. The van der Waals surface area contributed by atoms with Crippen molar-refractivity contribution in [2.75, 3.05) is 13.1 Å². The van der Waals surface area contributed by atoms with E-state index in [2.05, 4.69) is 11.4 Å². The van der Waals surface area contributed by atoms with E-state index in [1.165, 1.54) is 6.42 Å². The molecule has 2 rings (SSSR count). The fraction of sp³-hybridized carbons (Fsp3) is 0.667. The zero-order chi connectivity index (χ0) is 8.39. The van der Waals surface area contributed by atoms with Gasteiger partial charge in [0.1, 0.15) is 5.82 Å². The number of nitrogens with zero attached hydrogens (tertiary/aromatic N) is 1. The van der Waals surface area contributed by atoms with Crippen molar-refractivity contribution in [3.63, 3.8) is 0 Å². The number of nitrogens with one attached hydrogen (secondary N) is 1. The Morgan fingerprint density at radius 1 is 1.42 bits per heavy atom. The van der Waals surface area contributed by atoms with Crippen LogP contribution in [0.15, 0.2) is 11.9 Å². The molecule has 0 bridgehead atoms. The summed E-state index contributed by atoms with van der Waals surface area (Å²) in [6, 6.07) is 0. The predicted octanol–water partition coefficient (Wildman–Crippen LogP) is 0.834. The lowest BCUT2D eigenvalue weighted by Crippen LogP contribution is -2.43. The Balaban J connectivity index is 2.17. The molecule has 0 aromatic heterocycles. The van der Waals surface area contributed by atoms with Gasteiger partial charge in [-0.25, -0.2) is 0 Å². The summed E-state index contributed by atoms with van der Waals surface area (Å²) in [6.07, 6.45) is 6.23. The summed E-state index contributed by atoms with van der Waals surface area (Å²) >= 11 is 0. The molecule has 0 spiro atoms. The number of carbonyl (C=O) groups excluding carboxylic acids is 1. The van der Waals surface area contributed by atoms with E-state index in [0.29, 0.717) is 6.42 Å². The van der Waals surface area contributed by atoms with E-state index in [0.717, 1.165) is 31.8 Å². The third-order valence-corrected chi connectivity index (χ3v) is 2.41. The normalized spacial score (nSPS) is 23.8. The zero-order valence-corrected chi connectivity index (χ0v) is 7.18. The van der Waals surface area contributed by atoms with Gasteiger partial charge in [-0.2, -0.15) is 0 Å². The van der Waals surface area contributed by atoms with Crippen molar-refractivity contribution in [3.05, 3.63) is 11.9 Å². The molecule has 1 fully saturated rings. The van der Waals surface area contributed by atoms with Crippen LogP contribution in [0.3, 0.4) is 0 Å². The van der Waals surface area contributed by atoms with Crippen molar-refractivity contribution in [2.24, 2.45) is 0 Å². The van der Waals surface area contributed by atoms with Crippen LogP contribution >= 0.6 is 0 Å². The van der Waals surface area contributed by atoms with Crippen molar-refractivity contribution >= 4 is 5.91 Å². The lowest BCUT2D eigenvalue weighted by molar-refractivity contribution is -0.130. The average Bonchev–Trinajstić information content (AvgIpc) is 2.30. The molecule has 66 valence electrons. The zero-order valence-electron chi connectivity index (χ0n) is 7.18. The van der Waals surface area contributed by atoms with Crippen LogP contribution in [0.5, 0.6) is 0 Å². The maximum absolute atomic E-state index is 11.4. The monoisotopic (exact) mass is 166 g/mol. The molecule has 0 unspecified atom stereocenters. The Morgan fingerprint density at radius 2 is 2.33 bits per heavy atom. The average molecular weight is 166 g/mol. The summed E-state index contributed by atoms with van der Waals surface area (Å²) in [7, 11) is 0. The van der Waals surface area contributed by atoms with Crippen LogP contribution in [0.4, 0.5) is 0 Å². The molecule has 3 heteroatoms. The van der Waals surface area contributed by atoms with Crippen LogP contribution in [0.25, 0.3) is 0 Å². The maximum Gasteiger partial charge on any atom is 0.229 e. The molecule has 0 aromatic rings. The van der Waals surface area contributed by atoms with Crippen LogP contribution in [-0.2, 0) is 4.79 Å². The maximum atomic E-state index is 11.4. The van der Waals surface area contributed by atoms with Crippen LogP contribution in [0.2, 0.25) is 0 Å². The third kappa shape index (κ3) is 1.31. The highest BCUT2D eigenvalue weighted by atomic mass is 16.2. The standard InChI is InChI=1S/C9H14N2O/c12-9-5-6-10-8-4-2-1-3-7-11(8)9/h4,10H,1-3,5-7H2. The molecule has 2 aliphatic rings. The Labute approximate surface area is 72.4 Å². The van der Waals surface area contributed by atoms with Gasteiger partial charge in [0.25, 0.3) is 0 Å². The van der Waals surface area contributed by atoms with E-state index >= 15 is 0 Å². The van der Waals surface area contributed by atoms with E-state index in [4.69, 9.17) is 0 Å². The second-order valence-electron chi connectivity index (χ2n) is 3.31. The van der Waals surface area contributed by atoms with E-state index in [9.17, 15) is 4.79 Å². The van der Waals surface area contributed by atoms with Gasteiger partial charge < -0.3 is 5.32 Å². The molecule has 12 heavy (non-hydrogen) atoms. The fourth-order valence-corrected chi connectivity index (χ4v) is 1.74. The molecule has 1 saturated heterocycles. The second-order valence-corrected chi connectivity index (χ2v) is 3.31. The van der Waals surface area contributed by atoms with Crippen molar-refractivity contribution in [1.82, 2.24) is 10.2 Å². The minimum atomic E-state index is 0.280. The van der Waals surface area contributed by atoms with Gasteiger partial charge in [-0.3, -0.25) is 9.69 Å². The molecule has 0 aromatic carbocycles. The Morgan fingerprint density at radius 3 is 3.25 bits per heavy atom. The quantitative estimate of drug-likeness (QED) is 0.578. The summed E-state index contributed by atoms with van der Waals surface area (Å²) in [6.45, 7) is 1.71. The first-order chi connectivity index (χ1) is 5.88. The first-order valence-electron chi connectivity index (χ1n) is 4.62. The first kappa shape index (κ1) is 7.65. The predicted molar refractivity (Wildman–Crippen MR) is 46.3 cm³/mol. The van der Waals surface area contributed by atoms with Gasteiger partial charge in [0, 0.05) is 19.5 Å². The van der Waals surface area contributed by atoms with Crippen LogP contribution in [-0.4, -0.2) is 23.9 Å². The molecular formula is C9H14N2O. The van der Waals surface area contributed by atoms with Crippen molar-refractivity contribution < 1.29 is 4.79 Å². The molecule has 1 N–H and O–H groups in total. The van der Waals surface area contributed by atoms with Crippen molar-refractivity contribution in [1.29, 1.82) is 0 Å². The molecule has 2 heterocycles. The van der Waals surface area contributed by atoms with Gasteiger partial charge in [-0.1, -0.05) is 0 Å². The Kier molecular flexibility index (Phi) is 2.02. The Hall–Kier alpha value is -0.990. The van der Waals surface area contributed by atoms with E-state index in [-0.39, 0.29) is 5.91 Å². The highest BCUT2D eigenvalue weighted by Gasteiger charge is 2.22. The Bertz CT molecular complexity index is 223. The number of fused-ring (bicyclic) bond motifs is 1. The molecular weight excluding hydrogens is 152 g/mol. The second kappa shape index (κ2) is 3.17. The van der Waals surface area contributed by atoms with Gasteiger partial charge >= 0.3 is 0 Å². The van der Waals surface area contributed by atoms with Gasteiger partial charge in [-0.15, -0.1) is 0 Å². The fourth-order valence-electron chi connectivity index (χ4n) is 1.74. The molecule has 2 aliphatic heterocycles. The van der Waals surface area contributed by atoms with E-state index in [1.807, 2.05) is 4.90 Å². The lowest BCUT2D eigenvalue weighted by atomic mass is 10.2. The number of amides is 1. The van der Waals surface area contributed by atoms with Crippen LogP contribution in [0, 0.1) is 0 Å². The summed E-state index contributed by atoms with van der Waals surface area (Å²) < 4.78 is 0. The van der Waals surface area contributed by atoms with Crippen molar-refractivity contribution in [3.8, 4) is 0 Å². The molecule has 0 saturated carbocycles. The number of allylic oxidation sites excluding steroid dienone is 1. The van der Waals surface area contributed by atoms with E-state index < -0.39 is 0 Å². The van der Waals surface area contributed by atoms with Gasteiger partial charge in [0.2, 0.25) is 5.91 Å². The summed E-state index contributed by atoms with van der Waals surface area (Å²) in [4.78, 5) is 13.3. The molecule has 1 amide bonds. The molecule has 0 aliphatic carbocycles. The van der Waals surface area contributed by atoms with Gasteiger partial charge in [-0.05, 0) is 25.3 Å². The van der Waals surface area contributed by atoms with Crippen molar-refractivity contribution in [2.45, 2.75) is 25.7 Å². The number of rotatable bonds is 0. The minimum Gasteiger partial charge on any atom is -0.371 e. The molecule has 3 nitrogen and oxygen atoms in total. The minimum absolute atomic E-state index is 0.280. The lowest BCUT2D eigenvalue weighted by Gasteiger charge is -2.29. The highest BCUT2D eigenvalue weighted by Crippen LogP contribution is 2.16. The number of carbonyl (C=O) groups is 1. The molecule has 0 radical (unpaired) electrons. The van der Waals surface area contributed by atoms with Crippen LogP contribution < -0.4 is 5.32 Å². The summed E-state index contributed by atoms with van der Waals surface area (Å²) in [5.74, 6) is 1.32. The first-order valence-corrected chi connectivity index (χ1v) is 4.62. The largest absolute Gasteiger partial charge is 0.371 e. The SMILES string of the molecule is O=C1CCNC2=CCCCCN12. The smallest absolute Gasteiger partial charge is 0.229 e. The summed E-state index contributed by atoms with van der Waals surface area (Å²) in [5.41, 5.74) is 0. The van der Waals surface area contributed by atoms with Gasteiger partial charge in [0.05, 0.1) is 0 Å². The molecule has 0 atom stereocenters. The van der Waals surface area contributed by atoms with E-state index in [1.54, 1.807) is 0 Å². The third-order valence-electron chi connectivity index (χ3n) is 2.41.